The zero-order chi connectivity index (χ0) is 13.7. The Kier molecular flexibility index (Phi) is 4.53. The van der Waals surface area contributed by atoms with Gasteiger partial charge in [0.25, 0.3) is 0 Å². The summed E-state index contributed by atoms with van der Waals surface area (Å²) in [6.45, 7) is 4.08. The summed E-state index contributed by atoms with van der Waals surface area (Å²) >= 11 is 0. The van der Waals surface area contributed by atoms with Crippen molar-refractivity contribution in [2.24, 2.45) is 0 Å². The third-order valence-corrected chi connectivity index (χ3v) is 3.64. The quantitative estimate of drug-likeness (QED) is 0.901. The summed E-state index contributed by atoms with van der Waals surface area (Å²) in [6.07, 6.45) is 2.92. The van der Waals surface area contributed by atoms with E-state index in [0.717, 1.165) is 13.1 Å². The predicted molar refractivity (Wildman–Crippen MR) is 74.7 cm³/mol. The van der Waals surface area contributed by atoms with Gasteiger partial charge in [-0.15, -0.1) is 0 Å². The SMILES string of the molecule is CC1CCCN1CCC(=O)Nc1ccccc1C#N. The standard InChI is InChI=1S/C15H19N3O/c1-12-5-4-9-18(12)10-8-15(19)17-14-7-3-2-6-13(14)11-16/h2-3,6-7,12H,4-5,8-10H2,1H3,(H,17,19). The van der Waals surface area contributed by atoms with Crippen LogP contribution in [0.1, 0.15) is 31.7 Å². The van der Waals surface area contributed by atoms with Crippen molar-refractivity contribution in [2.45, 2.75) is 32.2 Å². The van der Waals surface area contributed by atoms with Crippen LogP contribution in [0.25, 0.3) is 0 Å². The van der Waals surface area contributed by atoms with Crippen molar-refractivity contribution in [1.29, 1.82) is 5.26 Å². The lowest BCUT2D eigenvalue weighted by atomic mass is 10.2. The van der Waals surface area contributed by atoms with Gasteiger partial charge in [0.15, 0.2) is 0 Å². The van der Waals surface area contributed by atoms with Crippen molar-refractivity contribution >= 4 is 11.6 Å². The first-order valence-corrected chi connectivity index (χ1v) is 6.73. The van der Waals surface area contributed by atoms with Crippen LogP contribution in [0.3, 0.4) is 0 Å². The zero-order valence-electron chi connectivity index (χ0n) is 11.2. The first-order valence-electron chi connectivity index (χ1n) is 6.73. The monoisotopic (exact) mass is 257 g/mol. The third kappa shape index (κ3) is 3.55. The molecule has 100 valence electrons. The summed E-state index contributed by atoms with van der Waals surface area (Å²) in [5, 5.41) is 11.8. The van der Waals surface area contributed by atoms with Gasteiger partial charge in [-0.25, -0.2) is 0 Å². The summed E-state index contributed by atoms with van der Waals surface area (Å²) in [7, 11) is 0. The molecule has 0 saturated carbocycles. The molecule has 1 aliphatic rings. The Morgan fingerprint density at radius 2 is 2.32 bits per heavy atom. The molecule has 19 heavy (non-hydrogen) atoms. The highest BCUT2D eigenvalue weighted by Crippen LogP contribution is 2.17. The summed E-state index contributed by atoms with van der Waals surface area (Å²) < 4.78 is 0. The van der Waals surface area contributed by atoms with E-state index in [1.165, 1.54) is 12.8 Å². The van der Waals surface area contributed by atoms with Gasteiger partial charge >= 0.3 is 0 Å². The number of benzene rings is 1. The van der Waals surface area contributed by atoms with Gasteiger partial charge in [-0.3, -0.25) is 4.79 Å². The topological polar surface area (TPSA) is 56.1 Å². The first kappa shape index (κ1) is 13.6. The molecule has 4 heteroatoms. The highest BCUT2D eigenvalue weighted by atomic mass is 16.1. The number of nitriles is 1. The molecule has 0 bridgehead atoms. The number of carbonyl (C=O) groups excluding carboxylic acids is 1. The van der Waals surface area contributed by atoms with E-state index in [1.54, 1.807) is 18.2 Å². The van der Waals surface area contributed by atoms with Crippen LogP contribution < -0.4 is 5.32 Å². The number of nitrogens with one attached hydrogen (secondary N) is 1. The minimum absolute atomic E-state index is 0.0261. The second kappa shape index (κ2) is 6.35. The van der Waals surface area contributed by atoms with Crippen LogP contribution in [0.2, 0.25) is 0 Å². The van der Waals surface area contributed by atoms with Crippen LogP contribution in [0.15, 0.2) is 24.3 Å². The molecular formula is C15H19N3O. The Bertz CT molecular complexity index is 492. The summed E-state index contributed by atoms with van der Waals surface area (Å²) in [5.74, 6) is -0.0261. The van der Waals surface area contributed by atoms with Crippen molar-refractivity contribution in [3.63, 3.8) is 0 Å². The molecule has 0 aromatic heterocycles. The van der Waals surface area contributed by atoms with Gasteiger partial charge in [-0.05, 0) is 38.4 Å². The maximum Gasteiger partial charge on any atom is 0.225 e. The highest BCUT2D eigenvalue weighted by Gasteiger charge is 2.20. The predicted octanol–water partition coefficient (Wildman–Crippen LogP) is 2.37. The molecule has 4 nitrogen and oxygen atoms in total. The highest BCUT2D eigenvalue weighted by molar-refractivity contribution is 5.92. The number of para-hydroxylation sites is 1. The molecule has 1 amide bonds. The number of anilines is 1. The fraction of sp³-hybridized carbons (Fsp3) is 0.467. The number of carbonyl (C=O) groups is 1. The van der Waals surface area contributed by atoms with E-state index in [2.05, 4.69) is 23.2 Å². The molecule has 1 N–H and O–H groups in total. The van der Waals surface area contributed by atoms with Crippen molar-refractivity contribution in [3.8, 4) is 6.07 Å². The van der Waals surface area contributed by atoms with E-state index in [1.807, 2.05) is 6.07 Å². The van der Waals surface area contributed by atoms with Gasteiger partial charge < -0.3 is 10.2 Å². The molecule has 1 aromatic carbocycles. The van der Waals surface area contributed by atoms with Crippen LogP contribution in [0.5, 0.6) is 0 Å². The van der Waals surface area contributed by atoms with Crippen molar-refractivity contribution < 1.29 is 4.79 Å². The molecule has 1 atom stereocenters. The number of hydrogen-bond donors (Lipinski definition) is 1. The average molecular weight is 257 g/mol. The normalized spacial score (nSPS) is 19.1. The molecule has 1 fully saturated rings. The molecular weight excluding hydrogens is 238 g/mol. The Balaban J connectivity index is 1.86. The van der Waals surface area contributed by atoms with Crippen molar-refractivity contribution in [3.05, 3.63) is 29.8 Å². The Morgan fingerprint density at radius 3 is 3.00 bits per heavy atom. The van der Waals surface area contributed by atoms with Gasteiger partial charge in [0, 0.05) is 19.0 Å². The number of nitrogens with zero attached hydrogens (tertiary/aromatic N) is 2. The average Bonchev–Trinajstić information content (AvgIpc) is 2.82. The van der Waals surface area contributed by atoms with E-state index >= 15 is 0 Å². The Labute approximate surface area is 114 Å². The molecule has 0 radical (unpaired) electrons. The largest absolute Gasteiger partial charge is 0.325 e. The second-order valence-electron chi connectivity index (χ2n) is 4.98. The van der Waals surface area contributed by atoms with Gasteiger partial charge in [0.1, 0.15) is 6.07 Å². The summed E-state index contributed by atoms with van der Waals surface area (Å²) in [6, 6.07) is 9.74. The summed E-state index contributed by atoms with van der Waals surface area (Å²) in [4.78, 5) is 14.2. The van der Waals surface area contributed by atoms with Crippen LogP contribution >= 0.6 is 0 Å². The second-order valence-corrected chi connectivity index (χ2v) is 4.98. The minimum Gasteiger partial charge on any atom is -0.325 e. The van der Waals surface area contributed by atoms with Crippen LogP contribution in [-0.4, -0.2) is 29.9 Å². The molecule has 0 spiro atoms. The molecule has 0 aliphatic carbocycles. The zero-order valence-corrected chi connectivity index (χ0v) is 11.2. The van der Waals surface area contributed by atoms with Crippen molar-refractivity contribution in [2.75, 3.05) is 18.4 Å². The lowest BCUT2D eigenvalue weighted by Gasteiger charge is -2.20. The molecule has 1 aliphatic heterocycles. The minimum atomic E-state index is -0.0261. The van der Waals surface area contributed by atoms with Gasteiger partial charge in [-0.2, -0.15) is 5.26 Å². The van der Waals surface area contributed by atoms with Crippen molar-refractivity contribution in [1.82, 2.24) is 4.90 Å². The van der Waals surface area contributed by atoms with Gasteiger partial charge in [-0.1, -0.05) is 12.1 Å². The number of amides is 1. The fourth-order valence-corrected chi connectivity index (χ4v) is 2.47. The maximum absolute atomic E-state index is 11.9. The van der Waals surface area contributed by atoms with E-state index < -0.39 is 0 Å². The Hall–Kier alpha value is -1.86. The maximum atomic E-state index is 11.9. The van der Waals surface area contributed by atoms with Crippen LogP contribution in [0.4, 0.5) is 5.69 Å². The molecule has 1 heterocycles. The van der Waals surface area contributed by atoms with E-state index in [9.17, 15) is 4.79 Å². The molecule has 2 rings (SSSR count). The Morgan fingerprint density at radius 1 is 1.53 bits per heavy atom. The number of rotatable bonds is 4. The smallest absolute Gasteiger partial charge is 0.225 e. The fourth-order valence-electron chi connectivity index (χ4n) is 2.47. The third-order valence-electron chi connectivity index (χ3n) is 3.64. The number of likely N-dealkylation sites (tertiary alicyclic amines) is 1. The van der Waals surface area contributed by atoms with Gasteiger partial charge in [0.05, 0.1) is 11.3 Å². The molecule has 1 saturated heterocycles. The molecule has 1 unspecified atom stereocenters. The lowest BCUT2D eigenvalue weighted by Crippen LogP contribution is -2.30. The van der Waals surface area contributed by atoms with Crippen LogP contribution in [-0.2, 0) is 4.79 Å². The number of hydrogen-bond acceptors (Lipinski definition) is 3. The summed E-state index contributed by atoms with van der Waals surface area (Å²) in [5.41, 5.74) is 1.11. The van der Waals surface area contributed by atoms with Gasteiger partial charge in [0.2, 0.25) is 5.91 Å². The lowest BCUT2D eigenvalue weighted by molar-refractivity contribution is -0.116. The van der Waals surface area contributed by atoms with E-state index in [0.29, 0.717) is 23.7 Å². The first-order chi connectivity index (χ1) is 9.20. The van der Waals surface area contributed by atoms with E-state index in [-0.39, 0.29) is 5.91 Å². The van der Waals surface area contributed by atoms with Crippen LogP contribution in [0, 0.1) is 11.3 Å². The molecule has 1 aromatic rings. The van der Waals surface area contributed by atoms with E-state index in [4.69, 9.17) is 5.26 Å².